The van der Waals surface area contributed by atoms with Gasteiger partial charge in [-0.05, 0) is 32.1 Å². The SMILES string of the molecule is CCCCCCCCCC/C=C/CC/C=C/C(O)C(COC1OC(CO)C(OC2OC(CO)C(O)C(O)C2O)C(O)C1O)NC(=O)CCCCCCCCCCCCCCCCCCCCCCCCCCCCCCCCCCCCCCCCCC. The molecule has 2 heterocycles. The number of carbonyl (C=O) groups excluding carboxylic acids is 1. The fraction of sp³-hybridized carbons (Fsp3) is 0.932. The van der Waals surface area contributed by atoms with Crippen LogP contribution in [0.2, 0.25) is 0 Å². The minimum absolute atomic E-state index is 0.243. The normalized spacial score (nSPS) is 23.2. The molecule has 9 N–H and O–H groups in total. The molecule has 2 saturated heterocycles. The molecule has 12 unspecified atom stereocenters. The molecule has 12 atom stereocenters. The van der Waals surface area contributed by atoms with Gasteiger partial charge in [0.25, 0.3) is 0 Å². The number of carbonyl (C=O) groups is 1. The maximum absolute atomic E-state index is 13.3. The Morgan fingerprint density at radius 1 is 0.398 bits per heavy atom. The van der Waals surface area contributed by atoms with Crippen LogP contribution >= 0.6 is 0 Å². The van der Waals surface area contributed by atoms with Crippen molar-refractivity contribution >= 4 is 5.91 Å². The predicted octanol–water partition coefficient (Wildman–Crippen LogP) is 15.9. The molecule has 0 aliphatic carbocycles. The Morgan fingerprint density at radius 2 is 0.727 bits per heavy atom. The van der Waals surface area contributed by atoms with Crippen molar-refractivity contribution in [3.63, 3.8) is 0 Å². The summed E-state index contributed by atoms with van der Waals surface area (Å²) in [6, 6.07) is -0.928. The van der Waals surface area contributed by atoms with Gasteiger partial charge in [0.2, 0.25) is 5.91 Å². The highest BCUT2D eigenvalue weighted by Crippen LogP contribution is 2.30. The van der Waals surface area contributed by atoms with Crippen LogP contribution in [0, 0.1) is 0 Å². The molecule has 0 aromatic rings. The molecule has 520 valence electrons. The summed E-state index contributed by atoms with van der Waals surface area (Å²) < 4.78 is 22.8. The predicted molar refractivity (Wildman–Crippen MR) is 360 cm³/mol. The number of aliphatic hydroxyl groups excluding tert-OH is 8. The summed E-state index contributed by atoms with van der Waals surface area (Å²) in [6.07, 6.45) is 58.7. The van der Waals surface area contributed by atoms with Crippen LogP contribution in [-0.4, -0.2) is 140 Å². The third-order valence-electron chi connectivity index (χ3n) is 18.6. The molecule has 88 heavy (non-hydrogen) atoms. The van der Waals surface area contributed by atoms with Gasteiger partial charge in [0.1, 0.15) is 48.8 Å². The first-order valence-electron chi connectivity index (χ1n) is 37.6. The van der Waals surface area contributed by atoms with Crippen LogP contribution in [0.3, 0.4) is 0 Å². The van der Waals surface area contributed by atoms with Gasteiger partial charge < -0.3 is 65.1 Å². The highest BCUT2D eigenvalue weighted by Gasteiger charge is 2.51. The summed E-state index contributed by atoms with van der Waals surface area (Å²) in [5, 5.41) is 87.2. The number of hydrogen-bond donors (Lipinski definition) is 9. The van der Waals surface area contributed by atoms with Crippen LogP contribution in [-0.2, 0) is 23.7 Å². The number of ether oxygens (including phenoxy) is 4. The highest BCUT2D eigenvalue weighted by atomic mass is 16.7. The number of allylic oxidation sites excluding steroid dienone is 3. The lowest BCUT2D eigenvalue weighted by atomic mass is 9.97. The summed E-state index contributed by atoms with van der Waals surface area (Å²) in [4.78, 5) is 13.3. The first kappa shape index (κ1) is 82.6. The van der Waals surface area contributed by atoms with Crippen LogP contribution < -0.4 is 5.32 Å². The largest absolute Gasteiger partial charge is 0.394 e. The molecular formula is C74H141NO13. The van der Waals surface area contributed by atoms with Gasteiger partial charge in [-0.15, -0.1) is 0 Å². The van der Waals surface area contributed by atoms with Crippen LogP contribution in [0.5, 0.6) is 0 Å². The van der Waals surface area contributed by atoms with Crippen LogP contribution in [0.15, 0.2) is 24.3 Å². The molecule has 0 bridgehead atoms. The fourth-order valence-corrected chi connectivity index (χ4v) is 12.7. The molecule has 1 amide bonds. The topological polar surface area (TPSA) is 228 Å². The summed E-state index contributed by atoms with van der Waals surface area (Å²) in [5.74, 6) is -0.243. The number of unbranched alkanes of at least 4 members (excludes halogenated alkanes) is 48. The number of rotatable bonds is 63. The number of hydrogen-bond acceptors (Lipinski definition) is 13. The van der Waals surface area contributed by atoms with E-state index in [0.717, 1.165) is 32.1 Å². The fourth-order valence-electron chi connectivity index (χ4n) is 12.7. The Balaban J connectivity index is 1.53. The quantitative estimate of drug-likeness (QED) is 0.0204. The molecular weight excluding hydrogens is 1110 g/mol. The Bertz CT molecular complexity index is 1570. The average Bonchev–Trinajstić information content (AvgIpc) is 3.59. The molecule has 0 spiro atoms. The van der Waals surface area contributed by atoms with E-state index < -0.39 is 86.8 Å². The monoisotopic (exact) mass is 1250 g/mol. The van der Waals surface area contributed by atoms with Crippen molar-refractivity contribution in [1.82, 2.24) is 5.32 Å². The summed E-state index contributed by atoms with van der Waals surface area (Å²) in [5.41, 5.74) is 0. The van der Waals surface area contributed by atoms with E-state index in [4.69, 9.17) is 18.9 Å². The Kier molecular flexibility index (Phi) is 55.6. The third kappa shape index (κ3) is 42.6. The second-order valence-corrected chi connectivity index (χ2v) is 26.8. The molecule has 2 fully saturated rings. The van der Waals surface area contributed by atoms with E-state index in [9.17, 15) is 45.6 Å². The summed E-state index contributed by atoms with van der Waals surface area (Å²) in [6.45, 7) is 2.81. The van der Waals surface area contributed by atoms with Gasteiger partial charge in [0, 0.05) is 6.42 Å². The van der Waals surface area contributed by atoms with E-state index in [0.29, 0.717) is 12.8 Å². The Morgan fingerprint density at radius 3 is 1.11 bits per heavy atom. The Labute approximate surface area is 539 Å². The van der Waals surface area contributed by atoms with Gasteiger partial charge in [0.15, 0.2) is 12.6 Å². The van der Waals surface area contributed by atoms with E-state index in [-0.39, 0.29) is 18.9 Å². The molecule has 0 saturated carbocycles. The Hall–Kier alpha value is -1.53. The first-order valence-corrected chi connectivity index (χ1v) is 37.6. The van der Waals surface area contributed by atoms with Gasteiger partial charge in [-0.25, -0.2) is 0 Å². The average molecular weight is 1250 g/mol. The molecule has 0 radical (unpaired) electrons. The van der Waals surface area contributed by atoms with E-state index in [1.165, 1.54) is 283 Å². The van der Waals surface area contributed by atoms with Crippen LogP contribution in [0.4, 0.5) is 0 Å². The van der Waals surface area contributed by atoms with Gasteiger partial charge in [-0.1, -0.05) is 334 Å². The standard InChI is InChI=1S/C74H141NO13/c1-3-5-7-9-11-13-15-17-19-20-21-22-23-24-25-26-27-28-29-30-31-32-33-34-35-36-37-38-39-40-41-42-43-44-46-48-50-52-54-56-58-66(79)75-62(63(78)57-55-53-51-49-47-45-18-16-14-12-10-8-6-4-2)61-85-73-71(84)69(82)72(65(60-77)87-73)88-74-70(83)68(81)67(80)64(59-76)86-74/h47,49,55,57,62-65,67-74,76-78,80-84H,3-46,48,50-54,56,58-61H2,1-2H3,(H,75,79)/b49-47+,57-55+. The van der Waals surface area contributed by atoms with Crippen molar-refractivity contribution in [3.05, 3.63) is 24.3 Å². The lowest BCUT2D eigenvalue weighted by molar-refractivity contribution is -0.359. The van der Waals surface area contributed by atoms with Crippen molar-refractivity contribution in [2.45, 2.75) is 421 Å². The maximum atomic E-state index is 13.3. The summed E-state index contributed by atoms with van der Waals surface area (Å²) >= 11 is 0. The molecule has 2 aliphatic heterocycles. The lowest BCUT2D eigenvalue weighted by Crippen LogP contribution is -2.65. The van der Waals surface area contributed by atoms with E-state index in [1.54, 1.807) is 6.08 Å². The van der Waals surface area contributed by atoms with Crippen LogP contribution in [0.25, 0.3) is 0 Å². The summed E-state index contributed by atoms with van der Waals surface area (Å²) in [7, 11) is 0. The molecule has 14 heteroatoms. The van der Waals surface area contributed by atoms with Gasteiger partial charge in [-0.2, -0.15) is 0 Å². The van der Waals surface area contributed by atoms with Crippen molar-refractivity contribution in [2.24, 2.45) is 0 Å². The van der Waals surface area contributed by atoms with Crippen molar-refractivity contribution < 1.29 is 64.6 Å². The smallest absolute Gasteiger partial charge is 0.220 e. The maximum Gasteiger partial charge on any atom is 0.220 e. The van der Waals surface area contributed by atoms with Crippen LogP contribution in [0.1, 0.15) is 348 Å². The molecule has 14 nitrogen and oxygen atoms in total. The minimum Gasteiger partial charge on any atom is -0.394 e. The molecule has 2 rings (SSSR count). The number of aliphatic hydroxyl groups is 8. The molecule has 0 aromatic carbocycles. The van der Waals surface area contributed by atoms with Gasteiger partial charge in [0.05, 0.1) is 32.0 Å². The highest BCUT2D eigenvalue weighted by molar-refractivity contribution is 5.76. The molecule has 2 aliphatic rings. The van der Waals surface area contributed by atoms with Crippen molar-refractivity contribution in [2.75, 3.05) is 19.8 Å². The zero-order valence-electron chi connectivity index (χ0n) is 56.7. The van der Waals surface area contributed by atoms with Gasteiger partial charge in [-0.3, -0.25) is 4.79 Å². The van der Waals surface area contributed by atoms with E-state index in [2.05, 4.69) is 31.3 Å². The zero-order valence-corrected chi connectivity index (χ0v) is 56.7. The van der Waals surface area contributed by atoms with Crippen molar-refractivity contribution in [1.29, 1.82) is 0 Å². The first-order chi connectivity index (χ1) is 43.1. The van der Waals surface area contributed by atoms with E-state index >= 15 is 0 Å². The van der Waals surface area contributed by atoms with E-state index in [1.807, 2.05) is 6.08 Å². The van der Waals surface area contributed by atoms with Crippen molar-refractivity contribution in [3.8, 4) is 0 Å². The van der Waals surface area contributed by atoms with Gasteiger partial charge >= 0.3 is 0 Å². The second kappa shape index (κ2) is 59.2. The number of nitrogens with one attached hydrogen (secondary N) is 1. The lowest BCUT2D eigenvalue weighted by Gasteiger charge is -2.46. The third-order valence-corrected chi connectivity index (χ3v) is 18.6. The minimum atomic E-state index is -1.79. The molecule has 0 aromatic heterocycles. The second-order valence-electron chi connectivity index (χ2n) is 26.8. The number of amides is 1. The zero-order chi connectivity index (χ0) is 63.8.